The molecule has 2 nitrogen and oxygen atoms in total. The Morgan fingerprint density at radius 2 is 1.54 bits per heavy atom. The molecule has 0 aliphatic heterocycles. The maximum atomic E-state index is 6.39. The predicted octanol–water partition coefficient (Wildman–Crippen LogP) is 6.99. The van der Waals surface area contributed by atoms with Crippen LogP contribution in [0.4, 0.5) is 5.69 Å². The van der Waals surface area contributed by atoms with E-state index in [4.69, 9.17) is 28.2 Å². The summed E-state index contributed by atoms with van der Waals surface area (Å²) in [5, 5.41) is 3.65. The van der Waals surface area contributed by atoms with Crippen LogP contribution in [0.1, 0.15) is 37.6 Å². The molecule has 0 bridgehead atoms. The third-order valence-electron chi connectivity index (χ3n) is 4.27. The van der Waals surface area contributed by atoms with Crippen molar-refractivity contribution >= 4 is 40.2 Å². The highest BCUT2D eigenvalue weighted by Gasteiger charge is 2.21. The Kier molecular flexibility index (Phi) is 5.34. The second kappa shape index (κ2) is 7.22. The first-order chi connectivity index (χ1) is 12.2. The van der Waals surface area contributed by atoms with E-state index in [1.54, 1.807) is 11.3 Å². The number of hydrogen-bond donors (Lipinski definition) is 0. The fourth-order valence-corrected chi connectivity index (χ4v) is 4.13. The summed E-state index contributed by atoms with van der Waals surface area (Å²) in [5.41, 5.74) is 5.14. The molecule has 136 valence electrons. The van der Waals surface area contributed by atoms with Crippen molar-refractivity contribution in [2.45, 2.75) is 40.0 Å². The van der Waals surface area contributed by atoms with E-state index in [0.29, 0.717) is 0 Å². The molecule has 0 spiro atoms. The van der Waals surface area contributed by atoms with Gasteiger partial charge in [-0.05, 0) is 49.2 Å². The Morgan fingerprint density at radius 1 is 0.923 bits per heavy atom. The van der Waals surface area contributed by atoms with Crippen LogP contribution in [0.3, 0.4) is 0 Å². The Hall–Kier alpha value is -1.55. The predicted molar refractivity (Wildman–Crippen MR) is 114 cm³/mol. The molecule has 1 aromatic heterocycles. The molecule has 0 saturated heterocycles. The third kappa shape index (κ3) is 3.90. The Bertz CT molecular complexity index is 1020. The van der Waals surface area contributed by atoms with E-state index in [1.807, 2.05) is 44.2 Å². The lowest BCUT2D eigenvalue weighted by molar-refractivity contribution is 0.553. The van der Waals surface area contributed by atoms with Gasteiger partial charge >= 0.3 is 0 Å². The molecular weight excluding hydrogens is 383 g/mol. The minimum Gasteiger partial charge on any atom is -0.289 e. The molecule has 2 aromatic carbocycles. The van der Waals surface area contributed by atoms with Gasteiger partial charge in [-0.3, -0.25) is 4.57 Å². The van der Waals surface area contributed by atoms with E-state index in [-0.39, 0.29) is 5.41 Å². The lowest BCUT2D eigenvalue weighted by Gasteiger charge is -2.21. The SMILES string of the molecule is Cc1ccc(N=c2scc(C(C)(C)C)n2-c2ccc(C)c(Cl)c2)cc1Cl. The first-order valence-electron chi connectivity index (χ1n) is 8.45. The molecule has 0 aliphatic carbocycles. The molecule has 3 aromatic rings. The smallest absolute Gasteiger partial charge is 0.194 e. The van der Waals surface area contributed by atoms with Gasteiger partial charge in [0.1, 0.15) is 0 Å². The van der Waals surface area contributed by atoms with Crippen LogP contribution in [0.5, 0.6) is 0 Å². The zero-order valence-electron chi connectivity index (χ0n) is 15.6. The van der Waals surface area contributed by atoms with Crippen LogP contribution in [0.2, 0.25) is 10.0 Å². The molecule has 1 heterocycles. The van der Waals surface area contributed by atoms with Gasteiger partial charge in [0.15, 0.2) is 4.80 Å². The van der Waals surface area contributed by atoms with Crippen LogP contribution in [0.25, 0.3) is 5.69 Å². The molecule has 5 heteroatoms. The van der Waals surface area contributed by atoms with Gasteiger partial charge in [-0.2, -0.15) is 0 Å². The highest BCUT2D eigenvalue weighted by molar-refractivity contribution is 7.07. The molecule has 0 unspecified atom stereocenters. The number of halogens is 2. The van der Waals surface area contributed by atoms with E-state index in [1.165, 1.54) is 5.69 Å². The van der Waals surface area contributed by atoms with Crippen molar-refractivity contribution in [1.82, 2.24) is 4.57 Å². The number of aryl methyl sites for hydroxylation is 2. The number of hydrogen-bond acceptors (Lipinski definition) is 2. The largest absolute Gasteiger partial charge is 0.289 e. The lowest BCUT2D eigenvalue weighted by atomic mass is 9.92. The summed E-state index contributed by atoms with van der Waals surface area (Å²) >= 11 is 14.3. The highest BCUT2D eigenvalue weighted by Crippen LogP contribution is 2.28. The first kappa shape index (κ1) is 19.2. The van der Waals surface area contributed by atoms with Gasteiger partial charge in [0.05, 0.1) is 5.69 Å². The van der Waals surface area contributed by atoms with Crippen molar-refractivity contribution in [3.8, 4) is 5.69 Å². The monoisotopic (exact) mass is 404 g/mol. The van der Waals surface area contributed by atoms with Gasteiger partial charge in [0, 0.05) is 32.2 Å². The average Bonchev–Trinajstić information content (AvgIpc) is 2.97. The molecule has 0 N–H and O–H groups in total. The van der Waals surface area contributed by atoms with Gasteiger partial charge in [0.25, 0.3) is 0 Å². The fraction of sp³-hybridized carbons (Fsp3) is 0.286. The van der Waals surface area contributed by atoms with Crippen LogP contribution in [0, 0.1) is 13.8 Å². The van der Waals surface area contributed by atoms with Crippen molar-refractivity contribution < 1.29 is 0 Å². The molecule has 3 rings (SSSR count). The maximum absolute atomic E-state index is 6.39. The summed E-state index contributed by atoms with van der Waals surface area (Å²) in [6, 6.07) is 12.0. The van der Waals surface area contributed by atoms with Crippen LogP contribution in [0.15, 0.2) is 46.8 Å². The molecule has 0 atom stereocenters. The summed E-state index contributed by atoms with van der Waals surface area (Å²) in [5.74, 6) is 0. The zero-order valence-corrected chi connectivity index (χ0v) is 17.9. The number of aromatic nitrogens is 1. The second-order valence-corrected chi connectivity index (χ2v) is 9.12. The van der Waals surface area contributed by atoms with Crippen molar-refractivity contribution in [3.63, 3.8) is 0 Å². The minimum absolute atomic E-state index is 0.0213. The van der Waals surface area contributed by atoms with Crippen LogP contribution in [-0.4, -0.2) is 4.57 Å². The number of thiazole rings is 1. The minimum atomic E-state index is -0.0213. The normalized spacial score (nSPS) is 12.7. The highest BCUT2D eigenvalue weighted by atomic mass is 35.5. The number of benzene rings is 2. The first-order valence-corrected chi connectivity index (χ1v) is 10.1. The Morgan fingerprint density at radius 3 is 2.12 bits per heavy atom. The Balaban J connectivity index is 2.26. The average molecular weight is 405 g/mol. The van der Waals surface area contributed by atoms with Gasteiger partial charge in [-0.15, -0.1) is 11.3 Å². The maximum Gasteiger partial charge on any atom is 0.194 e. The quantitative estimate of drug-likeness (QED) is 0.437. The topological polar surface area (TPSA) is 17.3 Å². The summed E-state index contributed by atoms with van der Waals surface area (Å²) in [6.45, 7) is 10.6. The van der Waals surface area contributed by atoms with Gasteiger partial charge in [-0.25, -0.2) is 4.99 Å². The third-order valence-corrected chi connectivity index (χ3v) is 5.91. The number of rotatable bonds is 2. The molecule has 0 saturated carbocycles. The molecular formula is C21H22Cl2N2S. The van der Waals surface area contributed by atoms with Crippen molar-refractivity contribution in [2.24, 2.45) is 4.99 Å². The standard InChI is InChI=1S/C21H22Cl2N2S/c1-13-6-8-15(10-17(13)22)24-20-25(19(12-26-20)21(3,4)5)16-9-7-14(2)18(23)11-16/h6-12H,1-5H3. The van der Waals surface area contributed by atoms with Gasteiger partial charge < -0.3 is 0 Å². The van der Waals surface area contributed by atoms with E-state index < -0.39 is 0 Å². The summed E-state index contributed by atoms with van der Waals surface area (Å²) in [7, 11) is 0. The molecule has 0 aliphatic rings. The van der Waals surface area contributed by atoms with E-state index in [9.17, 15) is 0 Å². The molecule has 26 heavy (non-hydrogen) atoms. The van der Waals surface area contributed by atoms with E-state index in [2.05, 4.69) is 36.8 Å². The van der Waals surface area contributed by atoms with Crippen LogP contribution < -0.4 is 4.80 Å². The van der Waals surface area contributed by atoms with Crippen molar-refractivity contribution in [1.29, 1.82) is 0 Å². The lowest BCUT2D eigenvalue weighted by Crippen LogP contribution is -2.23. The number of nitrogens with zero attached hydrogens (tertiary/aromatic N) is 2. The second-order valence-electron chi connectivity index (χ2n) is 7.47. The van der Waals surface area contributed by atoms with Crippen LogP contribution in [-0.2, 0) is 5.41 Å². The molecule has 0 radical (unpaired) electrons. The fourth-order valence-electron chi connectivity index (χ4n) is 2.64. The Labute approximate surface area is 168 Å². The van der Waals surface area contributed by atoms with E-state index >= 15 is 0 Å². The van der Waals surface area contributed by atoms with Crippen molar-refractivity contribution in [2.75, 3.05) is 0 Å². The zero-order chi connectivity index (χ0) is 19.1. The molecule has 0 fully saturated rings. The van der Waals surface area contributed by atoms with E-state index in [0.717, 1.165) is 37.3 Å². The van der Waals surface area contributed by atoms with Gasteiger partial charge in [-0.1, -0.05) is 56.1 Å². The summed E-state index contributed by atoms with van der Waals surface area (Å²) in [6.07, 6.45) is 0. The molecule has 0 amide bonds. The van der Waals surface area contributed by atoms with Gasteiger partial charge in [0.2, 0.25) is 0 Å². The summed E-state index contributed by atoms with van der Waals surface area (Å²) < 4.78 is 2.18. The van der Waals surface area contributed by atoms with Crippen LogP contribution >= 0.6 is 34.5 Å². The summed E-state index contributed by atoms with van der Waals surface area (Å²) in [4.78, 5) is 5.76. The van der Waals surface area contributed by atoms with Crippen molar-refractivity contribution in [3.05, 3.63) is 73.4 Å².